The summed E-state index contributed by atoms with van der Waals surface area (Å²) in [5.41, 5.74) is 3.73. The molecule has 1 fully saturated rings. The Morgan fingerprint density at radius 2 is 1.88 bits per heavy atom. The van der Waals surface area contributed by atoms with E-state index < -0.39 is 23.9 Å². The molecule has 0 radical (unpaired) electrons. The lowest BCUT2D eigenvalue weighted by Gasteiger charge is -2.38. The van der Waals surface area contributed by atoms with Crippen LogP contribution in [-0.2, 0) is 9.53 Å². The number of amides is 2. The fourth-order valence-corrected chi connectivity index (χ4v) is 4.32. The first-order chi connectivity index (χ1) is 15.5. The van der Waals surface area contributed by atoms with Crippen LogP contribution >= 0.6 is 0 Å². The molecule has 2 aromatic rings. The van der Waals surface area contributed by atoms with Gasteiger partial charge in [-0.3, -0.25) is 4.90 Å². The van der Waals surface area contributed by atoms with E-state index in [4.69, 9.17) is 4.74 Å². The first kappa shape index (κ1) is 21.8. The van der Waals surface area contributed by atoms with Crippen molar-refractivity contribution in [2.24, 2.45) is 0 Å². The van der Waals surface area contributed by atoms with E-state index in [1.807, 2.05) is 12.1 Å². The van der Waals surface area contributed by atoms with E-state index >= 15 is 0 Å². The van der Waals surface area contributed by atoms with Crippen molar-refractivity contribution >= 4 is 17.7 Å². The molecule has 7 nitrogen and oxygen atoms in total. The zero-order valence-corrected chi connectivity index (χ0v) is 18.2. The summed E-state index contributed by atoms with van der Waals surface area (Å²) in [6.07, 6.45) is 0. The van der Waals surface area contributed by atoms with Crippen molar-refractivity contribution in [3.05, 3.63) is 76.7 Å². The third-order valence-electron chi connectivity index (χ3n) is 5.95. The summed E-state index contributed by atoms with van der Waals surface area (Å²) in [6, 6.07) is 13.0. The molecule has 2 heterocycles. The van der Waals surface area contributed by atoms with Gasteiger partial charge in [-0.2, -0.15) is 0 Å². The highest BCUT2D eigenvalue weighted by atomic mass is 19.1. The second kappa shape index (κ2) is 9.40. The van der Waals surface area contributed by atoms with Crippen LogP contribution in [0.2, 0.25) is 0 Å². The van der Waals surface area contributed by atoms with Crippen LogP contribution in [0.1, 0.15) is 17.2 Å². The van der Waals surface area contributed by atoms with E-state index in [0.717, 1.165) is 26.2 Å². The molecular formula is C24H27FN4O3. The zero-order chi connectivity index (χ0) is 22.7. The number of aryl methyl sites for hydroxylation is 1. The Bertz CT molecular complexity index is 1050. The van der Waals surface area contributed by atoms with Crippen LogP contribution in [0.4, 0.5) is 14.9 Å². The molecule has 32 heavy (non-hydrogen) atoms. The van der Waals surface area contributed by atoms with Gasteiger partial charge in [-0.25, -0.2) is 14.0 Å². The number of urea groups is 1. The summed E-state index contributed by atoms with van der Waals surface area (Å²) >= 11 is 0. The minimum Gasteiger partial charge on any atom is -0.466 e. The zero-order valence-electron chi connectivity index (χ0n) is 18.2. The number of esters is 1. The Balaban J connectivity index is 1.55. The molecule has 0 bridgehead atoms. The molecule has 4 rings (SSSR count). The van der Waals surface area contributed by atoms with Crippen molar-refractivity contribution in [1.29, 1.82) is 0 Å². The summed E-state index contributed by atoms with van der Waals surface area (Å²) in [5, 5.41) is 5.50. The maximum absolute atomic E-state index is 13.8. The Kier molecular flexibility index (Phi) is 6.41. The number of hydrogen-bond donors (Lipinski definition) is 2. The Hall–Kier alpha value is -3.39. The second-order valence-electron chi connectivity index (χ2n) is 8.02. The molecule has 0 aliphatic carbocycles. The Labute approximate surface area is 186 Å². The molecule has 0 aromatic heterocycles. The highest BCUT2D eigenvalue weighted by Gasteiger charge is 2.34. The van der Waals surface area contributed by atoms with Gasteiger partial charge in [0.2, 0.25) is 0 Å². The summed E-state index contributed by atoms with van der Waals surface area (Å²) < 4.78 is 18.8. The molecule has 1 saturated heterocycles. The quantitative estimate of drug-likeness (QED) is 0.703. The van der Waals surface area contributed by atoms with Gasteiger partial charge in [0.1, 0.15) is 5.82 Å². The fraction of sp³-hybridized carbons (Fsp3) is 0.333. The Morgan fingerprint density at radius 3 is 2.56 bits per heavy atom. The van der Waals surface area contributed by atoms with Gasteiger partial charge in [0.05, 0.1) is 18.7 Å². The predicted octanol–water partition coefficient (Wildman–Crippen LogP) is 2.74. The number of nitrogens with one attached hydrogen (secondary N) is 2. The summed E-state index contributed by atoms with van der Waals surface area (Å²) in [7, 11) is 1.30. The van der Waals surface area contributed by atoms with Gasteiger partial charge in [0, 0.05) is 44.1 Å². The summed E-state index contributed by atoms with van der Waals surface area (Å²) in [6.45, 7) is 5.73. The first-order valence-electron chi connectivity index (χ1n) is 10.6. The number of hydrogen-bond acceptors (Lipinski definition) is 5. The molecule has 2 N–H and O–H groups in total. The number of methoxy groups -OCH3 is 1. The van der Waals surface area contributed by atoms with Gasteiger partial charge < -0.3 is 20.3 Å². The number of anilines is 1. The molecule has 0 unspecified atom stereocenters. The monoisotopic (exact) mass is 438 g/mol. The lowest BCUT2D eigenvalue weighted by Crippen LogP contribution is -2.51. The van der Waals surface area contributed by atoms with Gasteiger partial charge in [-0.15, -0.1) is 0 Å². The number of halogens is 1. The van der Waals surface area contributed by atoms with Crippen molar-refractivity contribution in [1.82, 2.24) is 15.5 Å². The highest BCUT2D eigenvalue weighted by molar-refractivity contribution is 5.95. The van der Waals surface area contributed by atoms with Gasteiger partial charge in [0.15, 0.2) is 0 Å². The molecule has 2 amide bonds. The lowest BCUT2D eigenvalue weighted by atomic mass is 9.95. The summed E-state index contributed by atoms with van der Waals surface area (Å²) in [5.74, 6) is -0.992. The van der Waals surface area contributed by atoms with Crippen molar-refractivity contribution in [3.8, 4) is 0 Å². The van der Waals surface area contributed by atoms with Gasteiger partial charge >= 0.3 is 12.0 Å². The number of piperazine rings is 1. The van der Waals surface area contributed by atoms with Crippen LogP contribution in [0.15, 0.2) is 59.8 Å². The molecule has 0 saturated carbocycles. The van der Waals surface area contributed by atoms with E-state index in [0.29, 0.717) is 23.4 Å². The molecule has 168 valence electrons. The SMILES string of the molecule is COC(=O)C1=C(CN2CCN(c3ccccc3C)CC2)NC(=O)N[C@@H]1c1cccc(F)c1. The smallest absolute Gasteiger partial charge is 0.338 e. The molecule has 2 aromatic carbocycles. The number of ether oxygens (including phenoxy) is 1. The maximum Gasteiger partial charge on any atom is 0.338 e. The van der Waals surface area contributed by atoms with E-state index in [1.165, 1.54) is 30.5 Å². The number of benzene rings is 2. The fourth-order valence-electron chi connectivity index (χ4n) is 4.32. The number of carbonyl (C=O) groups is 2. The Morgan fingerprint density at radius 1 is 1.12 bits per heavy atom. The summed E-state index contributed by atoms with van der Waals surface area (Å²) in [4.78, 5) is 29.6. The normalized spacial score (nSPS) is 19.4. The van der Waals surface area contributed by atoms with Crippen LogP contribution < -0.4 is 15.5 Å². The minimum atomic E-state index is -0.782. The number of nitrogens with zero attached hydrogens (tertiary/aromatic N) is 2. The van der Waals surface area contributed by atoms with Crippen molar-refractivity contribution in [3.63, 3.8) is 0 Å². The third-order valence-corrected chi connectivity index (χ3v) is 5.95. The van der Waals surface area contributed by atoms with Gasteiger partial charge in [-0.05, 0) is 36.2 Å². The number of rotatable bonds is 5. The van der Waals surface area contributed by atoms with E-state index in [9.17, 15) is 14.0 Å². The highest BCUT2D eigenvalue weighted by Crippen LogP contribution is 2.29. The molecular weight excluding hydrogens is 411 g/mol. The van der Waals surface area contributed by atoms with E-state index in [-0.39, 0.29) is 0 Å². The van der Waals surface area contributed by atoms with Crippen LogP contribution in [0.5, 0.6) is 0 Å². The van der Waals surface area contributed by atoms with Crippen molar-refractivity contribution < 1.29 is 18.7 Å². The molecule has 1 atom stereocenters. The molecule has 2 aliphatic rings. The predicted molar refractivity (Wildman–Crippen MR) is 120 cm³/mol. The van der Waals surface area contributed by atoms with Gasteiger partial charge in [0.25, 0.3) is 0 Å². The van der Waals surface area contributed by atoms with Crippen LogP contribution in [-0.4, -0.2) is 56.7 Å². The maximum atomic E-state index is 13.8. The van der Waals surface area contributed by atoms with Crippen LogP contribution in [0, 0.1) is 12.7 Å². The van der Waals surface area contributed by atoms with E-state index in [1.54, 1.807) is 12.1 Å². The number of para-hydroxylation sites is 1. The van der Waals surface area contributed by atoms with Crippen molar-refractivity contribution in [2.75, 3.05) is 44.7 Å². The van der Waals surface area contributed by atoms with E-state index in [2.05, 4.69) is 39.5 Å². The molecule has 8 heteroatoms. The van der Waals surface area contributed by atoms with Gasteiger partial charge in [-0.1, -0.05) is 30.3 Å². The van der Waals surface area contributed by atoms with Crippen molar-refractivity contribution in [2.45, 2.75) is 13.0 Å². The third kappa shape index (κ3) is 4.60. The average molecular weight is 439 g/mol. The first-order valence-corrected chi connectivity index (χ1v) is 10.6. The largest absolute Gasteiger partial charge is 0.466 e. The standard InChI is InChI=1S/C24H27FN4O3/c1-16-6-3-4-9-20(16)29-12-10-28(11-13-29)15-19-21(23(30)32-2)22(27-24(31)26-19)17-7-5-8-18(25)14-17/h3-9,14,22H,10-13,15H2,1-2H3,(H2,26,27,31)/t22-/m1/s1. The topological polar surface area (TPSA) is 73.9 Å². The molecule has 2 aliphatic heterocycles. The number of carbonyl (C=O) groups excluding carboxylic acids is 2. The molecule has 0 spiro atoms. The average Bonchev–Trinajstić information content (AvgIpc) is 2.79. The minimum absolute atomic E-state index is 0.291. The van der Waals surface area contributed by atoms with Crippen LogP contribution in [0.25, 0.3) is 0 Å². The second-order valence-corrected chi connectivity index (χ2v) is 8.02. The lowest BCUT2D eigenvalue weighted by molar-refractivity contribution is -0.136. The van der Waals surface area contributed by atoms with Crippen LogP contribution in [0.3, 0.4) is 0 Å².